The fourth-order valence-electron chi connectivity index (χ4n) is 2.39. The first-order chi connectivity index (χ1) is 13.2. The molecular formula is C19H22F3N3O3S. The fraction of sp³-hybridized carbons (Fsp3) is 0.316. The number of halogens is 3. The zero-order valence-electron chi connectivity index (χ0n) is 16.3. The maximum absolute atomic E-state index is 12.8. The zero-order chi connectivity index (χ0) is 22.0. The van der Waals surface area contributed by atoms with E-state index in [9.17, 15) is 26.4 Å². The van der Waals surface area contributed by atoms with Crippen molar-refractivity contribution in [1.29, 1.82) is 0 Å². The SMILES string of the molecule is Cc1ccc(C(C)(C)C)cc1S(=O)(=O)Nc1ccc(NNC(=O)C(F)(F)F)cc1. The lowest BCUT2D eigenvalue weighted by Crippen LogP contribution is -2.40. The predicted octanol–water partition coefficient (Wildman–Crippen LogP) is 4.10. The Kier molecular flexibility index (Phi) is 6.17. The first-order valence-corrected chi connectivity index (χ1v) is 10.1. The number of rotatable bonds is 5. The van der Waals surface area contributed by atoms with Gasteiger partial charge in [-0.05, 0) is 53.8 Å². The summed E-state index contributed by atoms with van der Waals surface area (Å²) in [5.74, 6) is -2.14. The molecule has 0 aromatic heterocycles. The molecule has 6 nitrogen and oxygen atoms in total. The Morgan fingerprint density at radius 3 is 2.00 bits per heavy atom. The van der Waals surface area contributed by atoms with Crippen LogP contribution in [-0.2, 0) is 20.2 Å². The number of nitrogens with one attached hydrogen (secondary N) is 3. The Bertz CT molecular complexity index is 996. The number of amides is 1. The standard InChI is InChI=1S/C19H22F3N3O3S/c1-12-5-6-13(18(2,3)4)11-16(12)29(27,28)25-15-9-7-14(8-10-15)23-24-17(26)19(20,21)22/h5-11,23,25H,1-4H3,(H,24,26). The molecule has 158 valence electrons. The van der Waals surface area contributed by atoms with E-state index < -0.39 is 22.1 Å². The van der Waals surface area contributed by atoms with Crippen molar-refractivity contribution in [3.05, 3.63) is 53.6 Å². The van der Waals surface area contributed by atoms with Gasteiger partial charge < -0.3 is 0 Å². The van der Waals surface area contributed by atoms with Gasteiger partial charge in [-0.2, -0.15) is 13.2 Å². The first-order valence-electron chi connectivity index (χ1n) is 8.57. The molecule has 0 fully saturated rings. The van der Waals surface area contributed by atoms with Gasteiger partial charge in [0.1, 0.15) is 0 Å². The number of anilines is 2. The largest absolute Gasteiger partial charge is 0.472 e. The molecule has 0 unspecified atom stereocenters. The van der Waals surface area contributed by atoms with Gasteiger partial charge in [-0.1, -0.05) is 32.9 Å². The monoisotopic (exact) mass is 429 g/mol. The normalized spacial score (nSPS) is 12.4. The predicted molar refractivity (Wildman–Crippen MR) is 105 cm³/mol. The molecule has 0 bridgehead atoms. The molecule has 0 atom stereocenters. The molecule has 1 amide bonds. The Morgan fingerprint density at radius 2 is 1.48 bits per heavy atom. The van der Waals surface area contributed by atoms with Gasteiger partial charge in [-0.15, -0.1) is 0 Å². The van der Waals surface area contributed by atoms with Gasteiger partial charge in [-0.25, -0.2) is 8.42 Å². The molecule has 0 saturated carbocycles. The molecule has 0 saturated heterocycles. The van der Waals surface area contributed by atoms with Crippen LogP contribution in [-0.4, -0.2) is 20.5 Å². The van der Waals surface area contributed by atoms with Gasteiger partial charge in [0.15, 0.2) is 0 Å². The zero-order valence-corrected chi connectivity index (χ0v) is 17.1. The number of carbonyl (C=O) groups excluding carboxylic acids is 1. The average Bonchev–Trinajstić information content (AvgIpc) is 2.59. The van der Waals surface area contributed by atoms with E-state index in [2.05, 4.69) is 10.1 Å². The van der Waals surface area contributed by atoms with E-state index in [0.29, 0.717) is 5.56 Å². The highest BCUT2D eigenvalue weighted by molar-refractivity contribution is 7.92. The van der Waals surface area contributed by atoms with Gasteiger partial charge in [0.25, 0.3) is 10.0 Å². The molecular weight excluding hydrogens is 407 g/mol. The van der Waals surface area contributed by atoms with Gasteiger partial charge in [0.2, 0.25) is 0 Å². The maximum Gasteiger partial charge on any atom is 0.472 e. The van der Waals surface area contributed by atoms with E-state index in [1.54, 1.807) is 19.1 Å². The lowest BCUT2D eigenvalue weighted by Gasteiger charge is -2.21. The van der Waals surface area contributed by atoms with E-state index in [1.807, 2.05) is 26.8 Å². The van der Waals surface area contributed by atoms with Crippen molar-refractivity contribution in [3.63, 3.8) is 0 Å². The highest BCUT2D eigenvalue weighted by atomic mass is 32.2. The number of hydrogen-bond donors (Lipinski definition) is 3. The first kappa shape index (κ1) is 22.5. The molecule has 0 aliphatic rings. The minimum Gasteiger partial charge on any atom is -0.298 e. The second-order valence-electron chi connectivity index (χ2n) is 7.49. The van der Waals surface area contributed by atoms with E-state index in [0.717, 1.165) is 5.56 Å². The third-order valence-corrected chi connectivity index (χ3v) is 5.58. The summed E-state index contributed by atoms with van der Waals surface area (Å²) < 4.78 is 64.6. The summed E-state index contributed by atoms with van der Waals surface area (Å²) in [5.41, 5.74) is 5.20. The highest BCUT2D eigenvalue weighted by Gasteiger charge is 2.38. The van der Waals surface area contributed by atoms with Crippen molar-refractivity contribution in [3.8, 4) is 0 Å². The molecule has 0 aliphatic carbocycles. The number of benzene rings is 2. The van der Waals surface area contributed by atoms with Crippen molar-refractivity contribution in [2.24, 2.45) is 0 Å². The minimum absolute atomic E-state index is 0.143. The number of carbonyl (C=O) groups is 1. The molecule has 3 N–H and O–H groups in total. The number of hydrazine groups is 1. The van der Waals surface area contributed by atoms with Crippen molar-refractivity contribution >= 4 is 27.3 Å². The Balaban J connectivity index is 2.16. The average molecular weight is 429 g/mol. The van der Waals surface area contributed by atoms with Crippen LogP contribution in [0.2, 0.25) is 0 Å². The topological polar surface area (TPSA) is 87.3 Å². The van der Waals surface area contributed by atoms with E-state index in [4.69, 9.17) is 0 Å². The Morgan fingerprint density at radius 1 is 0.931 bits per heavy atom. The molecule has 0 radical (unpaired) electrons. The molecule has 2 rings (SSSR count). The maximum atomic E-state index is 12.8. The van der Waals surface area contributed by atoms with Crippen LogP contribution < -0.4 is 15.6 Å². The lowest BCUT2D eigenvalue weighted by molar-refractivity contribution is -0.173. The molecule has 2 aromatic carbocycles. The molecule has 10 heteroatoms. The van der Waals surface area contributed by atoms with Crippen LogP contribution in [0, 0.1) is 6.92 Å². The fourth-order valence-corrected chi connectivity index (χ4v) is 3.72. The summed E-state index contributed by atoms with van der Waals surface area (Å²) in [6, 6.07) is 10.6. The number of alkyl halides is 3. The molecule has 0 heterocycles. The third kappa shape index (κ3) is 5.86. The van der Waals surface area contributed by atoms with E-state index in [1.165, 1.54) is 29.7 Å². The molecule has 2 aromatic rings. The summed E-state index contributed by atoms with van der Waals surface area (Å²) in [5, 5.41) is 0. The van der Waals surface area contributed by atoms with Crippen molar-refractivity contribution < 1.29 is 26.4 Å². The summed E-state index contributed by atoms with van der Waals surface area (Å²) >= 11 is 0. The van der Waals surface area contributed by atoms with Crippen molar-refractivity contribution in [1.82, 2.24) is 5.43 Å². The van der Waals surface area contributed by atoms with Gasteiger partial charge in [0.05, 0.1) is 10.6 Å². The highest BCUT2D eigenvalue weighted by Crippen LogP contribution is 2.28. The molecule has 0 spiro atoms. The molecule has 0 aliphatic heterocycles. The van der Waals surface area contributed by atoms with E-state index >= 15 is 0 Å². The van der Waals surface area contributed by atoms with Gasteiger partial charge in [-0.3, -0.25) is 20.4 Å². The summed E-state index contributed by atoms with van der Waals surface area (Å²) in [6.45, 7) is 7.62. The Labute approximate surface area is 167 Å². The number of hydrogen-bond acceptors (Lipinski definition) is 4. The molecule has 29 heavy (non-hydrogen) atoms. The lowest BCUT2D eigenvalue weighted by atomic mass is 9.87. The Hall–Kier alpha value is -2.75. The minimum atomic E-state index is -5.01. The summed E-state index contributed by atoms with van der Waals surface area (Å²) in [7, 11) is -3.87. The van der Waals surface area contributed by atoms with Crippen LogP contribution in [0.4, 0.5) is 24.5 Å². The van der Waals surface area contributed by atoms with Crippen LogP contribution in [0.5, 0.6) is 0 Å². The third-order valence-electron chi connectivity index (χ3n) is 4.06. The van der Waals surface area contributed by atoms with Crippen molar-refractivity contribution in [2.45, 2.75) is 44.2 Å². The second-order valence-corrected chi connectivity index (χ2v) is 9.14. The number of aryl methyl sites for hydroxylation is 1. The van der Waals surface area contributed by atoms with Crippen LogP contribution in [0.15, 0.2) is 47.4 Å². The van der Waals surface area contributed by atoms with Crippen LogP contribution >= 0.6 is 0 Å². The van der Waals surface area contributed by atoms with Crippen LogP contribution in [0.1, 0.15) is 31.9 Å². The summed E-state index contributed by atoms with van der Waals surface area (Å²) in [4.78, 5) is 10.9. The summed E-state index contributed by atoms with van der Waals surface area (Å²) in [6.07, 6.45) is -5.01. The van der Waals surface area contributed by atoms with E-state index in [-0.39, 0.29) is 21.7 Å². The smallest absolute Gasteiger partial charge is 0.298 e. The van der Waals surface area contributed by atoms with Crippen LogP contribution in [0.25, 0.3) is 0 Å². The van der Waals surface area contributed by atoms with Gasteiger partial charge >= 0.3 is 12.1 Å². The van der Waals surface area contributed by atoms with Crippen LogP contribution in [0.3, 0.4) is 0 Å². The quantitative estimate of drug-likeness (QED) is 0.625. The van der Waals surface area contributed by atoms with Gasteiger partial charge in [0, 0.05) is 5.69 Å². The van der Waals surface area contributed by atoms with Crippen molar-refractivity contribution in [2.75, 3.05) is 10.1 Å². The second kappa shape index (κ2) is 7.94. The number of sulfonamides is 1.